The number of hydrogen-bond donors (Lipinski definition) is 0. The fourth-order valence-corrected chi connectivity index (χ4v) is 4.87. The van der Waals surface area contributed by atoms with Crippen molar-refractivity contribution >= 4 is 20.0 Å². The van der Waals surface area contributed by atoms with E-state index in [4.69, 9.17) is 8.85 Å². The molecule has 157 valence electrons. The summed E-state index contributed by atoms with van der Waals surface area (Å²) in [6.45, 7) is 16.9. The maximum Gasteiger partial charge on any atom is 0.423 e. The van der Waals surface area contributed by atoms with E-state index >= 15 is 0 Å². The van der Waals surface area contributed by atoms with Crippen LogP contribution < -0.4 is 5.19 Å². The van der Waals surface area contributed by atoms with Crippen molar-refractivity contribution in [1.82, 2.24) is 4.90 Å². The first-order valence-electron chi connectivity index (χ1n) is 10.8. The summed E-state index contributed by atoms with van der Waals surface area (Å²) in [6.07, 6.45) is 2.41. The van der Waals surface area contributed by atoms with Crippen LogP contribution in [0.1, 0.15) is 51.7 Å². The van der Waals surface area contributed by atoms with Crippen molar-refractivity contribution in [2.75, 3.05) is 26.2 Å². The second kappa shape index (κ2) is 12.8. The zero-order chi connectivity index (χ0) is 21.1. The van der Waals surface area contributed by atoms with Crippen LogP contribution >= 0.6 is 0 Å². The minimum Gasteiger partial charge on any atom is -0.390 e. The first-order chi connectivity index (χ1) is 14.1. The van der Waals surface area contributed by atoms with Crippen molar-refractivity contribution in [2.45, 2.75) is 46.6 Å². The van der Waals surface area contributed by atoms with E-state index in [1.165, 1.54) is 0 Å². The topological polar surface area (TPSA) is 21.7 Å². The van der Waals surface area contributed by atoms with Gasteiger partial charge in [-0.3, -0.25) is 0 Å². The molecule has 0 heterocycles. The van der Waals surface area contributed by atoms with Crippen LogP contribution in [0.25, 0.3) is 5.57 Å². The Morgan fingerprint density at radius 2 is 1.59 bits per heavy atom. The molecule has 2 aromatic rings. The van der Waals surface area contributed by atoms with E-state index in [2.05, 4.69) is 68.6 Å². The lowest BCUT2D eigenvalue weighted by molar-refractivity contribution is 0.147. The Bertz CT molecular complexity index is 713. The Hall–Kier alpha value is -1.72. The van der Waals surface area contributed by atoms with Crippen LogP contribution in [-0.4, -0.2) is 46.5 Å². The van der Waals surface area contributed by atoms with Crippen LogP contribution in [0, 0.1) is 0 Å². The van der Waals surface area contributed by atoms with Crippen LogP contribution in [0.3, 0.4) is 0 Å². The monoisotopic (exact) mass is 410 g/mol. The molecule has 2 rings (SSSR count). The Kier molecular flexibility index (Phi) is 10.4. The smallest absolute Gasteiger partial charge is 0.390 e. The fraction of sp³-hybridized carbons (Fsp3) is 0.440. The molecule has 1 atom stereocenters. The second-order valence-corrected chi connectivity index (χ2v) is 8.92. The van der Waals surface area contributed by atoms with Gasteiger partial charge in [0.2, 0.25) is 0 Å². The Morgan fingerprint density at radius 1 is 0.966 bits per heavy atom. The van der Waals surface area contributed by atoms with Gasteiger partial charge < -0.3 is 13.8 Å². The van der Waals surface area contributed by atoms with Crippen molar-refractivity contribution in [1.29, 1.82) is 0 Å². The summed E-state index contributed by atoms with van der Waals surface area (Å²) in [5.41, 5.74) is 3.31. The molecule has 0 aliphatic carbocycles. The molecule has 0 aliphatic heterocycles. The van der Waals surface area contributed by atoms with Crippen LogP contribution in [0.4, 0.5) is 0 Å². The van der Waals surface area contributed by atoms with Crippen molar-refractivity contribution in [3.63, 3.8) is 0 Å². The van der Waals surface area contributed by atoms with E-state index in [-0.39, 0.29) is 6.10 Å². The molecule has 0 bridgehead atoms. The van der Waals surface area contributed by atoms with Crippen LogP contribution in [0.15, 0.2) is 61.2 Å². The van der Waals surface area contributed by atoms with Gasteiger partial charge in [0, 0.05) is 12.7 Å². The number of benzene rings is 2. The third-order valence-electron chi connectivity index (χ3n) is 5.15. The van der Waals surface area contributed by atoms with Crippen molar-refractivity contribution in [3.05, 3.63) is 72.3 Å². The lowest BCUT2D eigenvalue weighted by Gasteiger charge is -2.22. The normalized spacial score (nSPS) is 12.5. The van der Waals surface area contributed by atoms with Gasteiger partial charge in [-0.25, -0.2) is 0 Å². The Labute approximate surface area is 179 Å². The quantitative estimate of drug-likeness (QED) is 0.433. The van der Waals surface area contributed by atoms with Gasteiger partial charge in [-0.1, -0.05) is 75.0 Å². The summed E-state index contributed by atoms with van der Waals surface area (Å²) in [5, 5.41) is 1.15. The second-order valence-electron chi connectivity index (χ2n) is 7.24. The lowest BCUT2D eigenvalue weighted by Crippen LogP contribution is -2.39. The van der Waals surface area contributed by atoms with Crippen LogP contribution in [-0.2, 0) is 8.85 Å². The first-order valence-corrected chi connectivity index (χ1v) is 12.1. The Morgan fingerprint density at radius 3 is 2.17 bits per heavy atom. The highest BCUT2D eigenvalue weighted by atomic mass is 28.3. The predicted octanol–water partition coefficient (Wildman–Crippen LogP) is 5.01. The van der Waals surface area contributed by atoms with Crippen molar-refractivity contribution in [2.24, 2.45) is 0 Å². The van der Waals surface area contributed by atoms with Crippen molar-refractivity contribution < 1.29 is 8.85 Å². The highest BCUT2D eigenvalue weighted by Gasteiger charge is 2.22. The molecule has 29 heavy (non-hydrogen) atoms. The van der Waals surface area contributed by atoms with Gasteiger partial charge in [-0.15, -0.1) is 0 Å². The largest absolute Gasteiger partial charge is 0.423 e. The molecule has 2 aromatic carbocycles. The van der Waals surface area contributed by atoms with E-state index in [1.807, 2.05) is 25.1 Å². The molecule has 1 radical (unpaired) electrons. The molecular weight excluding hydrogens is 374 g/mol. The molecule has 0 saturated carbocycles. The maximum absolute atomic E-state index is 6.35. The van der Waals surface area contributed by atoms with E-state index in [9.17, 15) is 0 Å². The van der Waals surface area contributed by atoms with E-state index in [1.54, 1.807) is 0 Å². The standard InChI is InChI=1S/C25H36NO2Si/c1-6-26(7-2)20-12-13-21(4)28-29(27-8-3)25-18-16-24(17-19-25)22(5)23-14-10-9-11-15-23/h9-11,14-19,21H,5-8,12-13,20H2,1-4H3. The molecule has 0 aromatic heterocycles. The molecule has 0 aliphatic rings. The van der Waals surface area contributed by atoms with Crippen LogP contribution in [0.2, 0.25) is 0 Å². The zero-order valence-corrected chi connectivity index (χ0v) is 19.5. The Balaban J connectivity index is 1.96. The predicted molar refractivity (Wildman–Crippen MR) is 126 cm³/mol. The van der Waals surface area contributed by atoms with Crippen molar-refractivity contribution in [3.8, 4) is 0 Å². The number of nitrogens with zero attached hydrogens (tertiary/aromatic N) is 1. The molecular formula is C25H36NO2Si. The summed E-state index contributed by atoms with van der Waals surface area (Å²) >= 11 is 0. The molecule has 0 saturated heterocycles. The molecule has 1 unspecified atom stereocenters. The molecule has 3 nitrogen and oxygen atoms in total. The maximum atomic E-state index is 6.35. The van der Waals surface area contributed by atoms with Gasteiger partial charge in [-0.2, -0.15) is 0 Å². The van der Waals surface area contributed by atoms with Gasteiger partial charge >= 0.3 is 9.28 Å². The summed E-state index contributed by atoms with van der Waals surface area (Å²) in [4.78, 5) is 2.46. The van der Waals surface area contributed by atoms with Gasteiger partial charge in [-0.05, 0) is 68.2 Å². The highest BCUT2D eigenvalue weighted by Crippen LogP contribution is 2.20. The summed E-state index contributed by atoms with van der Waals surface area (Å²) < 4.78 is 12.3. The van der Waals surface area contributed by atoms with Gasteiger partial charge in [0.25, 0.3) is 0 Å². The SMILES string of the molecule is C=C(c1ccccc1)c1ccc([Si](OCC)OC(C)CCCN(CC)CC)cc1. The fourth-order valence-electron chi connectivity index (χ4n) is 3.31. The van der Waals surface area contributed by atoms with E-state index in [0.717, 1.165) is 54.4 Å². The zero-order valence-electron chi connectivity index (χ0n) is 18.5. The third kappa shape index (κ3) is 7.55. The molecule has 0 N–H and O–H groups in total. The lowest BCUT2D eigenvalue weighted by atomic mass is 10.00. The summed E-state index contributed by atoms with van der Waals surface area (Å²) in [6, 6.07) is 18.8. The average molecular weight is 411 g/mol. The number of hydrogen-bond acceptors (Lipinski definition) is 3. The average Bonchev–Trinajstić information content (AvgIpc) is 2.76. The molecule has 0 amide bonds. The third-order valence-corrected chi connectivity index (χ3v) is 7.13. The molecule has 4 heteroatoms. The summed E-state index contributed by atoms with van der Waals surface area (Å²) in [7, 11) is -1.48. The minimum absolute atomic E-state index is 0.199. The van der Waals surface area contributed by atoms with Gasteiger partial charge in [0.15, 0.2) is 0 Å². The summed E-state index contributed by atoms with van der Waals surface area (Å²) in [5.74, 6) is 0. The highest BCUT2D eigenvalue weighted by molar-refractivity contribution is 6.61. The molecule has 0 fully saturated rings. The molecule has 0 spiro atoms. The van der Waals surface area contributed by atoms with Gasteiger partial charge in [0.1, 0.15) is 0 Å². The first kappa shape index (κ1) is 23.6. The number of rotatable bonds is 13. The minimum atomic E-state index is -1.48. The van der Waals surface area contributed by atoms with Crippen LogP contribution in [0.5, 0.6) is 0 Å². The van der Waals surface area contributed by atoms with E-state index < -0.39 is 9.28 Å². The van der Waals surface area contributed by atoms with Gasteiger partial charge in [0.05, 0.1) is 0 Å². The van der Waals surface area contributed by atoms with E-state index in [0.29, 0.717) is 6.61 Å².